The highest BCUT2D eigenvalue weighted by Crippen LogP contribution is 2.27. The lowest BCUT2D eigenvalue weighted by atomic mass is 9.93. The number of hydrogen-bond acceptors (Lipinski definition) is 3. The van der Waals surface area contributed by atoms with Crippen LogP contribution in [-0.4, -0.2) is 15.0 Å². The second kappa shape index (κ2) is 3.87. The van der Waals surface area contributed by atoms with Gasteiger partial charge in [-0.2, -0.15) is 5.26 Å². The minimum Gasteiger partial charge on any atom is -0.220 e. The van der Waals surface area contributed by atoms with Crippen LogP contribution in [0.25, 0.3) is 5.70 Å². The summed E-state index contributed by atoms with van der Waals surface area (Å²) in [5.74, 6) is 0. The Hall–Kier alpha value is -2.41. The molecule has 0 aliphatic heterocycles. The predicted octanol–water partition coefficient (Wildman–Crippen LogP) is 1.99. The minimum atomic E-state index is 0.712. The van der Waals surface area contributed by atoms with E-state index in [1.54, 1.807) is 10.9 Å². The summed E-state index contributed by atoms with van der Waals surface area (Å²) in [4.78, 5) is 0. The third-order valence-electron chi connectivity index (χ3n) is 2.93. The second-order valence-electron chi connectivity index (χ2n) is 3.96. The molecule has 1 aliphatic carbocycles. The van der Waals surface area contributed by atoms with Crippen LogP contribution in [0.3, 0.4) is 0 Å². The van der Waals surface area contributed by atoms with E-state index in [0.29, 0.717) is 5.56 Å². The molecule has 0 bridgehead atoms. The predicted molar refractivity (Wildman–Crippen MR) is 62.9 cm³/mol. The van der Waals surface area contributed by atoms with Crippen molar-refractivity contribution in [2.24, 2.45) is 0 Å². The Morgan fingerprint density at radius 1 is 1.35 bits per heavy atom. The van der Waals surface area contributed by atoms with Gasteiger partial charge in [0.25, 0.3) is 0 Å². The van der Waals surface area contributed by atoms with Gasteiger partial charge in [0.2, 0.25) is 0 Å². The van der Waals surface area contributed by atoms with E-state index in [9.17, 15) is 0 Å². The SMILES string of the molecule is N#Cc1ccc2c(c1)CCC=C2n1ccnn1. The maximum atomic E-state index is 8.90. The second-order valence-corrected chi connectivity index (χ2v) is 3.96. The van der Waals surface area contributed by atoms with Crippen LogP contribution in [0.15, 0.2) is 36.7 Å². The molecule has 3 rings (SSSR count). The minimum absolute atomic E-state index is 0.712. The van der Waals surface area contributed by atoms with Crippen LogP contribution in [0.1, 0.15) is 23.1 Å². The van der Waals surface area contributed by atoms with Crippen molar-refractivity contribution in [2.75, 3.05) is 0 Å². The number of aromatic nitrogens is 3. The van der Waals surface area contributed by atoms with E-state index >= 15 is 0 Å². The van der Waals surface area contributed by atoms with Gasteiger partial charge < -0.3 is 0 Å². The Kier molecular flexibility index (Phi) is 2.23. The smallest absolute Gasteiger partial charge is 0.0991 e. The molecule has 4 nitrogen and oxygen atoms in total. The lowest BCUT2D eigenvalue weighted by Gasteiger charge is -2.17. The van der Waals surface area contributed by atoms with Crippen LogP contribution in [0.4, 0.5) is 0 Å². The fourth-order valence-electron chi connectivity index (χ4n) is 2.15. The van der Waals surface area contributed by atoms with Crippen LogP contribution in [-0.2, 0) is 6.42 Å². The zero-order valence-corrected chi connectivity index (χ0v) is 9.17. The Labute approximate surface area is 98.8 Å². The standard InChI is InChI=1S/C13H10N4/c14-9-10-4-5-12-11(8-10)2-1-3-13(12)17-7-6-15-16-17/h3-8H,1-2H2. The molecule has 82 valence electrons. The number of nitrogens with zero attached hydrogens (tertiary/aromatic N) is 4. The van der Waals surface area contributed by atoms with Crippen molar-refractivity contribution < 1.29 is 0 Å². The van der Waals surface area contributed by atoms with Crippen LogP contribution in [0, 0.1) is 11.3 Å². The van der Waals surface area contributed by atoms with Crippen molar-refractivity contribution in [3.05, 3.63) is 53.4 Å². The molecule has 0 saturated carbocycles. The molecule has 4 heteroatoms. The number of allylic oxidation sites excluding steroid dienone is 1. The molecule has 0 saturated heterocycles. The maximum absolute atomic E-state index is 8.90. The summed E-state index contributed by atoms with van der Waals surface area (Å²) >= 11 is 0. The third kappa shape index (κ3) is 1.62. The Morgan fingerprint density at radius 3 is 3.06 bits per heavy atom. The summed E-state index contributed by atoms with van der Waals surface area (Å²) in [5.41, 5.74) is 4.11. The van der Waals surface area contributed by atoms with Gasteiger partial charge in [0, 0.05) is 5.56 Å². The highest BCUT2D eigenvalue weighted by atomic mass is 15.4. The van der Waals surface area contributed by atoms with Gasteiger partial charge >= 0.3 is 0 Å². The molecule has 0 amide bonds. The molecular formula is C13H10N4. The first kappa shape index (κ1) is 9.79. The summed E-state index contributed by atoms with van der Waals surface area (Å²) in [6.45, 7) is 0. The number of rotatable bonds is 1. The lowest BCUT2D eigenvalue weighted by molar-refractivity contribution is 0.804. The molecule has 0 spiro atoms. The number of fused-ring (bicyclic) bond motifs is 1. The topological polar surface area (TPSA) is 54.5 Å². The zero-order chi connectivity index (χ0) is 11.7. The van der Waals surface area contributed by atoms with Gasteiger partial charge in [-0.15, -0.1) is 5.10 Å². The molecule has 0 N–H and O–H groups in total. The van der Waals surface area contributed by atoms with Gasteiger partial charge in [-0.1, -0.05) is 17.4 Å². The van der Waals surface area contributed by atoms with Crippen molar-refractivity contribution in [1.29, 1.82) is 5.26 Å². The van der Waals surface area contributed by atoms with Crippen molar-refractivity contribution in [2.45, 2.75) is 12.8 Å². The molecule has 0 radical (unpaired) electrons. The van der Waals surface area contributed by atoms with Gasteiger partial charge in [0.15, 0.2) is 0 Å². The van der Waals surface area contributed by atoms with Crippen LogP contribution >= 0.6 is 0 Å². The highest BCUT2D eigenvalue weighted by molar-refractivity contribution is 5.70. The van der Waals surface area contributed by atoms with Gasteiger partial charge in [0.1, 0.15) is 0 Å². The monoisotopic (exact) mass is 222 g/mol. The van der Waals surface area contributed by atoms with E-state index < -0.39 is 0 Å². The first-order valence-electron chi connectivity index (χ1n) is 5.49. The maximum Gasteiger partial charge on any atom is 0.0991 e. The zero-order valence-electron chi connectivity index (χ0n) is 9.17. The molecule has 0 unspecified atom stereocenters. The number of benzene rings is 1. The Balaban J connectivity index is 2.12. The van der Waals surface area contributed by atoms with Gasteiger partial charge in [0.05, 0.1) is 29.7 Å². The van der Waals surface area contributed by atoms with Crippen molar-refractivity contribution in [1.82, 2.24) is 15.0 Å². The quantitative estimate of drug-likeness (QED) is 0.741. The Morgan fingerprint density at radius 2 is 2.29 bits per heavy atom. The summed E-state index contributed by atoms with van der Waals surface area (Å²) in [6, 6.07) is 7.96. The van der Waals surface area contributed by atoms with Crippen LogP contribution in [0.2, 0.25) is 0 Å². The van der Waals surface area contributed by atoms with Gasteiger partial charge in [-0.05, 0) is 30.5 Å². The molecule has 2 aromatic rings. The summed E-state index contributed by atoms with van der Waals surface area (Å²) < 4.78 is 1.77. The van der Waals surface area contributed by atoms with Gasteiger partial charge in [-0.25, -0.2) is 4.68 Å². The lowest BCUT2D eigenvalue weighted by Crippen LogP contribution is -2.07. The average Bonchev–Trinajstić information content (AvgIpc) is 2.91. The van der Waals surface area contributed by atoms with E-state index in [2.05, 4.69) is 22.5 Å². The third-order valence-corrected chi connectivity index (χ3v) is 2.93. The van der Waals surface area contributed by atoms with E-state index in [4.69, 9.17) is 5.26 Å². The summed E-state index contributed by atoms with van der Waals surface area (Å²) in [6.07, 6.45) is 7.60. The Bertz CT molecular complexity index is 617. The molecule has 1 aromatic heterocycles. The fraction of sp³-hybridized carbons (Fsp3) is 0.154. The first-order chi connectivity index (χ1) is 8.38. The number of aryl methyl sites for hydroxylation is 1. The van der Waals surface area contributed by atoms with E-state index in [0.717, 1.165) is 24.1 Å². The largest absolute Gasteiger partial charge is 0.220 e. The average molecular weight is 222 g/mol. The normalized spacial score (nSPS) is 13.7. The van der Waals surface area contributed by atoms with E-state index in [1.165, 1.54) is 5.56 Å². The van der Waals surface area contributed by atoms with Crippen molar-refractivity contribution in [3.8, 4) is 6.07 Å². The number of nitriles is 1. The first-order valence-corrected chi connectivity index (χ1v) is 5.49. The van der Waals surface area contributed by atoms with Crippen LogP contribution in [0.5, 0.6) is 0 Å². The van der Waals surface area contributed by atoms with E-state index in [-0.39, 0.29) is 0 Å². The van der Waals surface area contributed by atoms with Gasteiger partial charge in [-0.3, -0.25) is 0 Å². The molecule has 0 fully saturated rings. The molecule has 1 aromatic carbocycles. The molecular weight excluding hydrogens is 212 g/mol. The van der Waals surface area contributed by atoms with Crippen LogP contribution < -0.4 is 0 Å². The van der Waals surface area contributed by atoms with Crippen molar-refractivity contribution in [3.63, 3.8) is 0 Å². The number of hydrogen-bond donors (Lipinski definition) is 0. The fourth-order valence-corrected chi connectivity index (χ4v) is 2.15. The summed E-state index contributed by atoms with van der Waals surface area (Å²) in [5, 5.41) is 16.7. The molecule has 0 atom stereocenters. The molecule has 1 aliphatic rings. The highest BCUT2D eigenvalue weighted by Gasteiger charge is 2.14. The van der Waals surface area contributed by atoms with Crippen molar-refractivity contribution >= 4 is 5.70 Å². The molecule has 17 heavy (non-hydrogen) atoms. The molecule has 1 heterocycles. The summed E-state index contributed by atoms with van der Waals surface area (Å²) in [7, 11) is 0. The van der Waals surface area contributed by atoms with E-state index in [1.807, 2.05) is 24.4 Å².